The molecule has 9 nitrogen and oxygen atoms in total. The molecule has 198 valence electrons. The molecule has 0 fully saturated rings. The molecule has 0 aliphatic heterocycles. The Labute approximate surface area is 220 Å². The number of hydrogen-bond acceptors (Lipinski definition) is 9. The summed E-state index contributed by atoms with van der Waals surface area (Å²) >= 11 is 0. The number of pyridine rings is 1. The van der Waals surface area contributed by atoms with E-state index in [4.69, 9.17) is 0 Å². The van der Waals surface area contributed by atoms with Crippen molar-refractivity contribution >= 4 is 50.9 Å². The number of carbonyl (C=O) groups excluding carboxylic acids is 5. The Balaban J connectivity index is 2.49. The van der Waals surface area contributed by atoms with Crippen molar-refractivity contribution in [3.8, 4) is 0 Å². The molecule has 1 atom stereocenters. The zero-order valence-electron chi connectivity index (χ0n) is 21.1. The highest BCUT2D eigenvalue weighted by atomic mass is 33.1. The molecule has 0 saturated heterocycles. The number of carbonyl (C=O) groups is 5. The fourth-order valence-electron chi connectivity index (χ4n) is 3.11. The van der Waals surface area contributed by atoms with Crippen LogP contribution in [0.4, 0.5) is 0 Å². The van der Waals surface area contributed by atoms with Gasteiger partial charge in [0.25, 0.3) is 0 Å². The van der Waals surface area contributed by atoms with Crippen LogP contribution in [0, 0.1) is 5.92 Å². The van der Waals surface area contributed by atoms with E-state index in [1.165, 1.54) is 35.4 Å². The lowest BCUT2D eigenvalue weighted by molar-refractivity contribution is -0.299. The lowest BCUT2D eigenvalue weighted by Crippen LogP contribution is -2.45. The van der Waals surface area contributed by atoms with E-state index < -0.39 is 17.9 Å². The van der Waals surface area contributed by atoms with E-state index >= 15 is 0 Å². The molecule has 0 saturated carbocycles. The Bertz CT molecular complexity index is 950. The molecular formula is C25H34N3O6S2-. The van der Waals surface area contributed by atoms with Crippen LogP contribution >= 0.6 is 21.6 Å². The van der Waals surface area contributed by atoms with Gasteiger partial charge in [0.1, 0.15) is 10.8 Å². The maximum Gasteiger partial charge on any atom is 0.248 e. The second kappa shape index (κ2) is 16.9. The molecule has 1 aromatic heterocycles. The van der Waals surface area contributed by atoms with Gasteiger partial charge < -0.3 is 25.3 Å². The largest absolute Gasteiger partial charge is 0.545 e. The highest BCUT2D eigenvalue weighted by Crippen LogP contribution is 2.29. The molecule has 0 radical (unpaired) electrons. The minimum Gasteiger partial charge on any atom is -0.545 e. The van der Waals surface area contributed by atoms with Crippen LogP contribution in [0.2, 0.25) is 0 Å². The first-order valence-corrected chi connectivity index (χ1v) is 14.1. The molecule has 2 amide bonds. The third-order valence-corrected chi connectivity index (χ3v) is 7.44. The minimum atomic E-state index is -1.50. The number of Topliss-reactive ketones (excluding diaryl/α,β-unsaturated/α-hetero) is 2. The molecule has 0 unspecified atom stereocenters. The van der Waals surface area contributed by atoms with E-state index in [1.807, 2.05) is 18.2 Å². The first kappa shape index (κ1) is 31.4. The summed E-state index contributed by atoms with van der Waals surface area (Å²) in [5, 5.41) is 17.6. The van der Waals surface area contributed by atoms with Gasteiger partial charge in [0.05, 0.1) is 12.0 Å². The van der Waals surface area contributed by atoms with Gasteiger partial charge in [0.15, 0.2) is 5.78 Å². The van der Waals surface area contributed by atoms with Crippen LogP contribution in [0.5, 0.6) is 0 Å². The summed E-state index contributed by atoms with van der Waals surface area (Å²) < 4.78 is 0. The Morgan fingerprint density at radius 3 is 2.33 bits per heavy atom. The van der Waals surface area contributed by atoms with Gasteiger partial charge in [0, 0.05) is 43.3 Å². The highest BCUT2D eigenvalue weighted by molar-refractivity contribution is 8.76. The monoisotopic (exact) mass is 536 g/mol. The molecule has 1 rings (SSSR count). The lowest BCUT2D eigenvalue weighted by Gasteiger charge is -2.23. The van der Waals surface area contributed by atoms with Crippen molar-refractivity contribution < 1.29 is 29.1 Å². The molecular weight excluding hydrogens is 502 g/mol. The first-order valence-electron chi connectivity index (χ1n) is 11.7. The van der Waals surface area contributed by atoms with Crippen LogP contribution in [0.15, 0.2) is 40.6 Å². The molecule has 11 heteroatoms. The Hall–Kier alpha value is -2.66. The van der Waals surface area contributed by atoms with E-state index in [1.54, 1.807) is 20.0 Å². The van der Waals surface area contributed by atoms with E-state index in [-0.39, 0.29) is 53.8 Å². The average molecular weight is 537 g/mol. The molecule has 1 aromatic rings. The number of aliphatic carboxylic acids is 1. The van der Waals surface area contributed by atoms with Crippen LogP contribution in [0.25, 0.3) is 0 Å². The summed E-state index contributed by atoms with van der Waals surface area (Å²) in [4.78, 5) is 64.3. The molecule has 0 bridgehead atoms. The molecule has 36 heavy (non-hydrogen) atoms. The number of rotatable bonds is 17. The van der Waals surface area contributed by atoms with Gasteiger partial charge in [-0.1, -0.05) is 30.7 Å². The fourth-order valence-corrected chi connectivity index (χ4v) is 4.98. The summed E-state index contributed by atoms with van der Waals surface area (Å²) in [7, 11) is 3.04. The van der Waals surface area contributed by atoms with Gasteiger partial charge in [-0.2, -0.15) is 0 Å². The predicted octanol–water partition coefficient (Wildman–Crippen LogP) is 2.25. The molecule has 2 N–H and O–H groups in total. The number of carboxylic acid groups (broad SMARTS) is 1. The number of nitrogens with one attached hydrogen (secondary N) is 2. The molecule has 1 heterocycles. The van der Waals surface area contributed by atoms with Gasteiger partial charge in [-0.05, 0) is 61.1 Å². The summed E-state index contributed by atoms with van der Waals surface area (Å²) in [5.41, 5.74) is -0.335. The minimum absolute atomic E-state index is 0.00764. The summed E-state index contributed by atoms with van der Waals surface area (Å²) in [6.07, 6.45) is 2.56. The van der Waals surface area contributed by atoms with Gasteiger partial charge >= 0.3 is 0 Å². The Morgan fingerprint density at radius 2 is 1.75 bits per heavy atom. The lowest BCUT2D eigenvalue weighted by atomic mass is 9.95. The number of carboxylic acids is 1. The third kappa shape index (κ3) is 12.3. The van der Waals surface area contributed by atoms with Crippen LogP contribution in [-0.4, -0.2) is 52.7 Å². The van der Waals surface area contributed by atoms with Crippen molar-refractivity contribution in [3.05, 3.63) is 35.5 Å². The first-order chi connectivity index (χ1) is 17.0. The Kier molecular flexibility index (Phi) is 14.7. The second-order valence-corrected chi connectivity index (χ2v) is 11.0. The van der Waals surface area contributed by atoms with Crippen molar-refractivity contribution in [2.24, 2.45) is 5.92 Å². The van der Waals surface area contributed by atoms with Crippen LogP contribution in [-0.2, 0) is 24.0 Å². The van der Waals surface area contributed by atoms with Crippen molar-refractivity contribution in [1.82, 2.24) is 15.6 Å². The normalized spacial score (nSPS) is 12.5. The van der Waals surface area contributed by atoms with Crippen molar-refractivity contribution in [3.63, 3.8) is 0 Å². The maximum atomic E-state index is 12.8. The summed E-state index contributed by atoms with van der Waals surface area (Å²) in [6, 6.07) is 4.82. The predicted molar refractivity (Wildman–Crippen MR) is 139 cm³/mol. The molecule has 0 aliphatic carbocycles. The average Bonchev–Trinajstić information content (AvgIpc) is 2.83. The van der Waals surface area contributed by atoms with Crippen LogP contribution < -0.4 is 15.7 Å². The van der Waals surface area contributed by atoms with Gasteiger partial charge in [0.2, 0.25) is 11.8 Å². The highest BCUT2D eigenvalue weighted by Gasteiger charge is 2.26. The van der Waals surface area contributed by atoms with E-state index in [2.05, 4.69) is 15.6 Å². The second-order valence-electron chi connectivity index (χ2n) is 8.53. The number of amides is 2. The van der Waals surface area contributed by atoms with E-state index in [0.29, 0.717) is 25.1 Å². The zero-order chi connectivity index (χ0) is 27.1. The van der Waals surface area contributed by atoms with Gasteiger partial charge in [-0.25, -0.2) is 4.98 Å². The topological polar surface area (TPSA) is 145 Å². The van der Waals surface area contributed by atoms with Crippen LogP contribution in [0.1, 0.15) is 59.8 Å². The fraction of sp³-hybridized carbons (Fsp3) is 0.520. The summed E-state index contributed by atoms with van der Waals surface area (Å²) in [5.74, 6) is -2.31. The quantitative estimate of drug-likeness (QED) is 0.174. The van der Waals surface area contributed by atoms with Crippen molar-refractivity contribution in [1.29, 1.82) is 0 Å². The zero-order valence-corrected chi connectivity index (χ0v) is 22.8. The smallest absolute Gasteiger partial charge is 0.248 e. The maximum absolute atomic E-state index is 12.8. The van der Waals surface area contributed by atoms with E-state index in [0.717, 1.165) is 5.03 Å². The van der Waals surface area contributed by atoms with E-state index in [9.17, 15) is 29.1 Å². The molecule has 0 spiro atoms. The Morgan fingerprint density at radius 1 is 1.03 bits per heavy atom. The third-order valence-electron chi connectivity index (χ3n) is 5.18. The number of hydrogen-bond donors (Lipinski definition) is 2. The number of ketones is 2. The SMILES string of the molecule is CC(=O)CC/C(C(=O)N[C@H](C(=O)CCCNC(=O)CCSSc1ccccn1)C(C)C)=C(\C)C(=O)[O-]. The van der Waals surface area contributed by atoms with Crippen molar-refractivity contribution in [2.75, 3.05) is 12.3 Å². The van der Waals surface area contributed by atoms with Crippen molar-refractivity contribution in [2.45, 2.75) is 70.9 Å². The number of aromatic nitrogens is 1. The molecule has 0 aromatic carbocycles. The standard InChI is InChI=1S/C25H35N3O6S2/c1-16(2)23(28-24(32)19(11-10-17(3)29)18(4)25(33)34)20(30)8-7-14-26-21(31)12-15-35-36-22-9-5-6-13-27-22/h5-6,9,13,16,23H,7-8,10-12,14-15H2,1-4H3,(H,26,31)(H,28,32)(H,33,34)/p-1/b19-18-/t23-/m0/s1. The van der Waals surface area contributed by atoms with Gasteiger partial charge in [-0.15, -0.1) is 0 Å². The number of nitrogens with zero attached hydrogens (tertiary/aromatic N) is 1. The summed E-state index contributed by atoms with van der Waals surface area (Å²) in [6.45, 7) is 6.47. The molecule has 0 aliphatic rings. The van der Waals surface area contributed by atoms with Gasteiger partial charge in [-0.3, -0.25) is 14.4 Å². The van der Waals surface area contributed by atoms with Crippen LogP contribution in [0.3, 0.4) is 0 Å².